The molecule has 0 spiro atoms. The van der Waals surface area contributed by atoms with Gasteiger partial charge < -0.3 is 9.32 Å². The molecule has 1 aromatic heterocycles. The van der Waals surface area contributed by atoms with E-state index in [1.165, 1.54) is 19.3 Å². The van der Waals surface area contributed by atoms with Crippen molar-refractivity contribution >= 4 is 5.82 Å². The van der Waals surface area contributed by atoms with Crippen LogP contribution in [-0.2, 0) is 0 Å². The van der Waals surface area contributed by atoms with Crippen molar-refractivity contribution in [2.75, 3.05) is 18.0 Å². The van der Waals surface area contributed by atoms with E-state index in [0.717, 1.165) is 24.5 Å². The van der Waals surface area contributed by atoms with Gasteiger partial charge in [-0.2, -0.15) is 4.98 Å². The second kappa shape index (κ2) is 4.62. The first-order valence-electron chi connectivity index (χ1n) is 6.19. The average Bonchev–Trinajstić information content (AvgIpc) is 2.90. The highest BCUT2D eigenvalue weighted by Crippen LogP contribution is 2.24. The molecule has 1 aliphatic heterocycles. The van der Waals surface area contributed by atoms with Gasteiger partial charge in [-0.1, -0.05) is 18.2 Å². The number of benzene rings is 1. The van der Waals surface area contributed by atoms with E-state index in [9.17, 15) is 0 Å². The molecule has 0 N–H and O–H groups in total. The van der Waals surface area contributed by atoms with E-state index < -0.39 is 0 Å². The van der Waals surface area contributed by atoms with Gasteiger partial charge in [-0.15, -0.1) is 0 Å². The first-order chi connectivity index (χ1) is 8.43. The molecule has 3 nitrogen and oxygen atoms in total. The Morgan fingerprint density at radius 3 is 2.53 bits per heavy atom. The quantitative estimate of drug-likeness (QED) is 0.789. The Morgan fingerprint density at radius 1 is 1.00 bits per heavy atom. The third kappa shape index (κ3) is 2.18. The fourth-order valence-corrected chi connectivity index (χ4v) is 2.25. The SMILES string of the molecule is c1ccc(-c2nc(N3CCCCC3)co2)cc1. The number of anilines is 1. The van der Waals surface area contributed by atoms with E-state index in [0.29, 0.717) is 5.89 Å². The van der Waals surface area contributed by atoms with Gasteiger partial charge in [-0.05, 0) is 31.4 Å². The Bertz CT molecular complexity index is 472. The highest BCUT2D eigenvalue weighted by molar-refractivity contribution is 5.55. The van der Waals surface area contributed by atoms with Crippen molar-refractivity contribution in [3.05, 3.63) is 36.6 Å². The lowest BCUT2D eigenvalue weighted by atomic mass is 10.1. The number of nitrogens with zero attached hydrogens (tertiary/aromatic N) is 2. The average molecular weight is 228 g/mol. The van der Waals surface area contributed by atoms with Crippen molar-refractivity contribution in [3.63, 3.8) is 0 Å². The van der Waals surface area contributed by atoms with Crippen molar-refractivity contribution in [3.8, 4) is 11.5 Å². The highest BCUT2D eigenvalue weighted by Gasteiger charge is 2.15. The molecule has 0 bridgehead atoms. The van der Waals surface area contributed by atoms with Crippen LogP contribution < -0.4 is 4.90 Å². The zero-order chi connectivity index (χ0) is 11.5. The molecular formula is C14H16N2O. The Labute approximate surface area is 101 Å². The summed E-state index contributed by atoms with van der Waals surface area (Å²) in [4.78, 5) is 6.87. The molecule has 2 heterocycles. The molecule has 17 heavy (non-hydrogen) atoms. The molecule has 3 heteroatoms. The summed E-state index contributed by atoms with van der Waals surface area (Å²) in [5, 5.41) is 0. The minimum atomic E-state index is 0.714. The lowest BCUT2D eigenvalue weighted by molar-refractivity contribution is 0.561. The van der Waals surface area contributed by atoms with Gasteiger partial charge in [-0.3, -0.25) is 0 Å². The second-order valence-corrected chi connectivity index (χ2v) is 4.42. The van der Waals surface area contributed by atoms with E-state index in [-0.39, 0.29) is 0 Å². The number of oxazole rings is 1. The molecule has 0 amide bonds. The van der Waals surface area contributed by atoms with E-state index >= 15 is 0 Å². The number of piperidine rings is 1. The predicted molar refractivity (Wildman–Crippen MR) is 68.0 cm³/mol. The van der Waals surface area contributed by atoms with Crippen LogP contribution >= 0.6 is 0 Å². The van der Waals surface area contributed by atoms with Gasteiger partial charge in [0.05, 0.1) is 0 Å². The lowest BCUT2D eigenvalue weighted by Crippen LogP contribution is -2.29. The van der Waals surface area contributed by atoms with Crippen LogP contribution in [0.15, 0.2) is 41.0 Å². The number of rotatable bonds is 2. The van der Waals surface area contributed by atoms with Crippen LogP contribution in [0.1, 0.15) is 19.3 Å². The van der Waals surface area contributed by atoms with Crippen molar-refractivity contribution in [1.82, 2.24) is 4.98 Å². The van der Waals surface area contributed by atoms with Crippen molar-refractivity contribution in [1.29, 1.82) is 0 Å². The number of hydrogen-bond donors (Lipinski definition) is 0. The van der Waals surface area contributed by atoms with E-state index in [4.69, 9.17) is 4.42 Å². The first-order valence-corrected chi connectivity index (χ1v) is 6.19. The van der Waals surface area contributed by atoms with Crippen LogP contribution in [0.3, 0.4) is 0 Å². The molecule has 0 atom stereocenters. The second-order valence-electron chi connectivity index (χ2n) is 4.42. The summed E-state index contributed by atoms with van der Waals surface area (Å²) < 4.78 is 5.55. The normalized spacial score (nSPS) is 16.1. The van der Waals surface area contributed by atoms with Crippen LogP contribution in [0, 0.1) is 0 Å². The van der Waals surface area contributed by atoms with Crippen LogP contribution in [0.5, 0.6) is 0 Å². The largest absolute Gasteiger partial charge is 0.442 e. The van der Waals surface area contributed by atoms with Gasteiger partial charge in [0, 0.05) is 18.7 Å². The smallest absolute Gasteiger partial charge is 0.227 e. The summed E-state index contributed by atoms with van der Waals surface area (Å²) in [6.45, 7) is 2.20. The van der Waals surface area contributed by atoms with Gasteiger partial charge in [0.2, 0.25) is 5.89 Å². The molecule has 0 aliphatic carbocycles. The molecule has 3 rings (SSSR count). The number of aromatic nitrogens is 1. The van der Waals surface area contributed by atoms with Crippen LogP contribution in [0.4, 0.5) is 5.82 Å². The molecule has 88 valence electrons. The minimum absolute atomic E-state index is 0.714. The fraction of sp³-hybridized carbons (Fsp3) is 0.357. The molecular weight excluding hydrogens is 212 g/mol. The Kier molecular flexibility index (Phi) is 2.82. The zero-order valence-electron chi connectivity index (χ0n) is 9.80. The first kappa shape index (κ1) is 10.4. The van der Waals surface area contributed by atoms with E-state index in [1.807, 2.05) is 30.3 Å². The van der Waals surface area contributed by atoms with Crippen molar-refractivity contribution in [2.45, 2.75) is 19.3 Å². The molecule has 1 saturated heterocycles. The van der Waals surface area contributed by atoms with Gasteiger partial charge in [-0.25, -0.2) is 0 Å². The summed E-state index contributed by atoms with van der Waals surface area (Å²) in [5.41, 5.74) is 1.04. The maximum absolute atomic E-state index is 5.55. The highest BCUT2D eigenvalue weighted by atomic mass is 16.3. The molecule has 1 aliphatic rings. The fourth-order valence-electron chi connectivity index (χ4n) is 2.25. The van der Waals surface area contributed by atoms with Gasteiger partial charge >= 0.3 is 0 Å². The maximum Gasteiger partial charge on any atom is 0.227 e. The predicted octanol–water partition coefficient (Wildman–Crippen LogP) is 3.33. The van der Waals surface area contributed by atoms with Crippen molar-refractivity contribution in [2.24, 2.45) is 0 Å². The standard InChI is InChI=1S/C14H16N2O/c1-3-7-12(8-4-1)14-15-13(11-17-14)16-9-5-2-6-10-16/h1,3-4,7-8,11H,2,5-6,9-10H2. The Balaban J connectivity index is 1.83. The van der Waals surface area contributed by atoms with Gasteiger partial charge in [0.25, 0.3) is 0 Å². The van der Waals surface area contributed by atoms with Crippen LogP contribution in [0.2, 0.25) is 0 Å². The lowest BCUT2D eigenvalue weighted by Gasteiger charge is -2.25. The molecule has 1 fully saturated rings. The van der Waals surface area contributed by atoms with Crippen LogP contribution in [0.25, 0.3) is 11.5 Å². The summed E-state index contributed by atoms with van der Waals surface area (Å²) in [5.74, 6) is 1.69. The third-order valence-electron chi connectivity index (χ3n) is 3.19. The molecule has 0 unspecified atom stereocenters. The maximum atomic E-state index is 5.55. The van der Waals surface area contributed by atoms with E-state index in [1.54, 1.807) is 6.26 Å². The molecule has 1 aromatic carbocycles. The molecule has 0 saturated carbocycles. The van der Waals surface area contributed by atoms with E-state index in [2.05, 4.69) is 9.88 Å². The zero-order valence-corrected chi connectivity index (χ0v) is 9.80. The Morgan fingerprint density at radius 2 is 1.76 bits per heavy atom. The third-order valence-corrected chi connectivity index (χ3v) is 3.19. The number of hydrogen-bond acceptors (Lipinski definition) is 3. The topological polar surface area (TPSA) is 29.3 Å². The van der Waals surface area contributed by atoms with Crippen molar-refractivity contribution < 1.29 is 4.42 Å². The van der Waals surface area contributed by atoms with Gasteiger partial charge in [0.15, 0.2) is 5.82 Å². The summed E-state index contributed by atoms with van der Waals surface area (Å²) >= 11 is 0. The summed E-state index contributed by atoms with van der Waals surface area (Å²) in [6, 6.07) is 10.0. The van der Waals surface area contributed by atoms with Gasteiger partial charge in [0.1, 0.15) is 6.26 Å². The van der Waals surface area contributed by atoms with Crippen LogP contribution in [-0.4, -0.2) is 18.1 Å². The molecule has 0 radical (unpaired) electrons. The minimum Gasteiger partial charge on any atom is -0.442 e. The summed E-state index contributed by atoms with van der Waals surface area (Å²) in [7, 11) is 0. The molecule has 2 aromatic rings. The summed E-state index contributed by atoms with van der Waals surface area (Å²) in [6.07, 6.45) is 5.62. The Hall–Kier alpha value is -1.77. The monoisotopic (exact) mass is 228 g/mol.